The SMILES string of the molecule is CN(C)C(=O)C1CCCN1C(=O)c1ccc(NC2CC2)c([N+](=O)[O-])c1. The van der Waals surface area contributed by atoms with Gasteiger partial charge in [-0.05, 0) is 37.8 Å². The van der Waals surface area contributed by atoms with Gasteiger partial charge < -0.3 is 15.1 Å². The lowest BCUT2D eigenvalue weighted by Gasteiger charge is -2.26. The minimum Gasteiger partial charge on any atom is -0.377 e. The molecule has 1 unspecified atom stereocenters. The molecular weight excluding hydrogens is 324 g/mol. The Kier molecular flexibility index (Phi) is 4.61. The van der Waals surface area contributed by atoms with E-state index in [0.29, 0.717) is 18.7 Å². The van der Waals surface area contributed by atoms with E-state index in [2.05, 4.69) is 5.32 Å². The zero-order valence-electron chi connectivity index (χ0n) is 14.4. The van der Waals surface area contributed by atoms with E-state index in [1.54, 1.807) is 26.2 Å². The van der Waals surface area contributed by atoms with Crippen LogP contribution in [0.2, 0.25) is 0 Å². The first-order valence-corrected chi connectivity index (χ1v) is 8.45. The summed E-state index contributed by atoms with van der Waals surface area (Å²) in [5.74, 6) is -0.453. The highest BCUT2D eigenvalue weighted by Gasteiger charge is 2.36. The molecule has 0 spiro atoms. The third-order valence-corrected chi connectivity index (χ3v) is 4.62. The Balaban J connectivity index is 1.85. The number of nitro groups is 1. The highest BCUT2D eigenvalue weighted by Crippen LogP contribution is 2.32. The Labute approximate surface area is 145 Å². The first-order valence-electron chi connectivity index (χ1n) is 8.45. The molecule has 2 aliphatic rings. The quantitative estimate of drug-likeness (QED) is 0.648. The van der Waals surface area contributed by atoms with E-state index in [-0.39, 0.29) is 29.1 Å². The van der Waals surface area contributed by atoms with Gasteiger partial charge in [-0.1, -0.05) is 0 Å². The third kappa shape index (κ3) is 3.57. The van der Waals surface area contributed by atoms with Gasteiger partial charge in [0.25, 0.3) is 11.6 Å². The summed E-state index contributed by atoms with van der Waals surface area (Å²) in [5.41, 5.74) is 0.574. The number of anilines is 1. The normalized spacial score (nSPS) is 19.6. The number of carbonyl (C=O) groups is 2. The Morgan fingerprint density at radius 3 is 2.60 bits per heavy atom. The second-order valence-corrected chi connectivity index (χ2v) is 6.80. The molecule has 8 nitrogen and oxygen atoms in total. The van der Waals surface area contributed by atoms with E-state index in [0.717, 1.165) is 19.3 Å². The number of likely N-dealkylation sites (N-methyl/N-ethyl adjacent to an activating group) is 1. The largest absolute Gasteiger partial charge is 0.377 e. The minimum atomic E-state index is -0.495. The van der Waals surface area contributed by atoms with Crippen molar-refractivity contribution in [2.24, 2.45) is 0 Å². The molecule has 1 aliphatic carbocycles. The zero-order chi connectivity index (χ0) is 18.1. The molecule has 0 aromatic heterocycles. The predicted molar refractivity (Wildman–Crippen MR) is 92.5 cm³/mol. The molecule has 1 aliphatic heterocycles. The monoisotopic (exact) mass is 346 g/mol. The number of likely N-dealkylation sites (tertiary alicyclic amines) is 1. The average Bonchev–Trinajstić information content (AvgIpc) is 3.26. The van der Waals surface area contributed by atoms with Crippen molar-refractivity contribution in [3.63, 3.8) is 0 Å². The van der Waals surface area contributed by atoms with Crippen LogP contribution in [-0.2, 0) is 4.79 Å². The summed E-state index contributed by atoms with van der Waals surface area (Å²) in [6.45, 7) is 0.485. The maximum absolute atomic E-state index is 12.8. The van der Waals surface area contributed by atoms with Crippen LogP contribution in [0.5, 0.6) is 0 Å². The van der Waals surface area contributed by atoms with Crippen LogP contribution in [0.3, 0.4) is 0 Å². The molecule has 25 heavy (non-hydrogen) atoms. The van der Waals surface area contributed by atoms with Crippen LogP contribution in [0.25, 0.3) is 0 Å². The van der Waals surface area contributed by atoms with Crippen LogP contribution < -0.4 is 5.32 Å². The van der Waals surface area contributed by atoms with Crippen molar-refractivity contribution < 1.29 is 14.5 Å². The smallest absolute Gasteiger partial charge is 0.293 e. The second kappa shape index (κ2) is 6.70. The van der Waals surface area contributed by atoms with Crippen LogP contribution >= 0.6 is 0 Å². The number of benzene rings is 1. The van der Waals surface area contributed by atoms with Crippen molar-refractivity contribution >= 4 is 23.2 Å². The van der Waals surface area contributed by atoms with E-state index >= 15 is 0 Å². The first-order chi connectivity index (χ1) is 11.9. The minimum absolute atomic E-state index is 0.104. The molecule has 1 saturated carbocycles. The van der Waals surface area contributed by atoms with Gasteiger partial charge in [0.1, 0.15) is 11.7 Å². The molecule has 1 aromatic carbocycles. The van der Waals surface area contributed by atoms with Gasteiger partial charge in [0.15, 0.2) is 0 Å². The summed E-state index contributed by atoms with van der Waals surface area (Å²) in [6, 6.07) is 4.27. The first kappa shape index (κ1) is 17.2. The van der Waals surface area contributed by atoms with Gasteiger partial charge in [-0.2, -0.15) is 0 Å². The fourth-order valence-electron chi connectivity index (χ4n) is 3.12. The summed E-state index contributed by atoms with van der Waals surface area (Å²) < 4.78 is 0. The van der Waals surface area contributed by atoms with Crippen LogP contribution in [0, 0.1) is 10.1 Å². The van der Waals surface area contributed by atoms with Crippen molar-refractivity contribution in [2.75, 3.05) is 26.0 Å². The molecule has 1 aromatic rings. The van der Waals surface area contributed by atoms with Crippen LogP contribution in [0.4, 0.5) is 11.4 Å². The summed E-state index contributed by atoms with van der Waals surface area (Å²) in [5, 5.41) is 14.5. The standard InChI is InChI=1S/C17H22N4O4/c1-19(2)17(23)14-4-3-9-20(14)16(22)11-5-8-13(18-12-6-7-12)15(10-11)21(24)25/h5,8,10,12,14,18H,3-4,6-7,9H2,1-2H3. The number of hydrogen-bond acceptors (Lipinski definition) is 5. The number of nitrogens with one attached hydrogen (secondary N) is 1. The van der Waals surface area contributed by atoms with Gasteiger partial charge >= 0.3 is 0 Å². The van der Waals surface area contributed by atoms with Crippen LogP contribution in [0.1, 0.15) is 36.0 Å². The van der Waals surface area contributed by atoms with Gasteiger partial charge in [0.2, 0.25) is 5.91 Å². The second-order valence-electron chi connectivity index (χ2n) is 6.80. The topological polar surface area (TPSA) is 95.8 Å². The van der Waals surface area contributed by atoms with Crippen molar-refractivity contribution in [1.29, 1.82) is 0 Å². The summed E-state index contributed by atoms with van der Waals surface area (Å²) >= 11 is 0. The lowest BCUT2D eigenvalue weighted by Crippen LogP contribution is -2.45. The molecule has 1 N–H and O–H groups in total. The molecular formula is C17H22N4O4. The lowest BCUT2D eigenvalue weighted by molar-refractivity contribution is -0.384. The number of rotatable bonds is 5. The zero-order valence-corrected chi connectivity index (χ0v) is 14.4. The average molecular weight is 346 g/mol. The number of nitrogens with zero attached hydrogens (tertiary/aromatic N) is 3. The molecule has 8 heteroatoms. The Morgan fingerprint density at radius 1 is 1.28 bits per heavy atom. The van der Waals surface area contributed by atoms with E-state index in [1.807, 2.05) is 0 Å². The summed E-state index contributed by atoms with van der Waals surface area (Å²) in [4.78, 5) is 39.0. The lowest BCUT2D eigenvalue weighted by atomic mass is 10.1. The van der Waals surface area contributed by atoms with Crippen molar-refractivity contribution in [1.82, 2.24) is 9.80 Å². The van der Waals surface area contributed by atoms with E-state index < -0.39 is 11.0 Å². The predicted octanol–water partition coefficient (Wildman–Crippen LogP) is 1.86. The van der Waals surface area contributed by atoms with Crippen molar-refractivity contribution in [3.8, 4) is 0 Å². The molecule has 1 atom stereocenters. The van der Waals surface area contributed by atoms with Gasteiger partial charge in [0.05, 0.1) is 4.92 Å². The summed E-state index contributed by atoms with van der Waals surface area (Å²) in [7, 11) is 3.32. The number of nitro benzene ring substituents is 1. The van der Waals surface area contributed by atoms with Crippen molar-refractivity contribution in [3.05, 3.63) is 33.9 Å². The Bertz CT molecular complexity index is 715. The van der Waals surface area contributed by atoms with E-state index in [4.69, 9.17) is 0 Å². The fourth-order valence-corrected chi connectivity index (χ4v) is 3.12. The molecule has 134 valence electrons. The van der Waals surface area contributed by atoms with Gasteiger partial charge in [-0.3, -0.25) is 19.7 Å². The number of hydrogen-bond donors (Lipinski definition) is 1. The molecule has 1 saturated heterocycles. The van der Waals surface area contributed by atoms with E-state index in [9.17, 15) is 19.7 Å². The molecule has 3 rings (SSSR count). The van der Waals surface area contributed by atoms with Gasteiger partial charge in [-0.25, -0.2) is 0 Å². The fraction of sp³-hybridized carbons (Fsp3) is 0.529. The summed E-state index contributed by atoms with van der Waals surface area (Å²) in [6.07, 6.45) is 3.37. The molecule has 2 amide bonds. The molecule has 2 fully saturated rings. The highest BCUT2D eigenvalue weighted by atomic mass is 16.6. The molecule has 0 bridgehead atoms. The Morgan fingerprint density at radius 2 is 2.00 bits per heavy atom. The Hall–Kier alpha value is -2.64. The van der Waals surface area contributed by atoms with Gasteiger partial charge in [-0.15, -0.1) is 0 Å². The highest BCUT2D eigenvalue weighted by molar-refractivity contribution is 5.99. The van der Waals surface area contributed by atoms with Gasteiger partial charge in [0, 0.05) is 38.3 Å². The van der Waals surface area contributed by atoms with Crippen LogP contribution in [-0.4, -0.2) is 59.3 Å². The third-order valence-electron chi connectivity index (χ3n) is 4.62. The number of amides is 2. The number of carbonyl (C=O) groups excluding carboxylic acids is 2. The molecule has 0 radical (unpaired) electrons. The van der Waals surface area contributed by atoms with E-state index in [1.165, 1.54) is 15.9 Å². The molecule has 1 heterocycles. The van der Waals surface area contributed by atoms with Crippen LogP contribution in [0.15, 0.2) is 18.2 Å². The van der Waals surface area contributed by atoms with Crippen molar-refractivity contribution in [2.45, 2.75) is 37.8 Å². The maximum atomic E-state index is 12.8. The maximum Gasteiger partial charge on any atom is 0.293 e.